The lowest BCUT2D eigenvalue weighted by molar-refractivity contribution is -0.136. The van der Waals surface area contributed by atoms with E-state index in [4.69, 9.17) is 0 Å². The maximum Gasteiger partial charge on any atom is 0.138 e. The van der Waals surface area contributed by atoms with Crippen LogP contribution in [0.5, 0.6) is 0 Å². The molecule has 1 aliphatic carbocycles. The first-order valence-electron chi connectivity index (χ1n) is 3.82. The lowest BCUT2D eigenvalue weighted by atomic mass is 9.80. The molecular formula is C8H9NO2S. The van der Waals surface area contributed by atoms with Gasteiger partial charge < -0.3 is 0 Å². The third kappa shape index (κ3) is 2.32. The van der Waals surface area contributed by atoms with Gasteiger partial charge in [-0.25, -0.2) is 4.99 Å². The average molecular weight is 183 g/mol. The van der Waals surface area contributed by atoms with Crippen molar-refractivity contribution >= 4 is 28.9 Å². The Kier molecular flexibility index (Phi) is 3.26. The Morgan fingerprint density at radius 1 is 1.67 bits per heavy atom. The van der Waals surface area contributed by atoms with Crippen LogP contribution in [0.4, 0.5) is 0 Å². The molecule has 1 aliphatic rings. The number of hydrogen-bond acceptors (Lipinski definition) is 4. The highest BCUT2D eigenvalue weighted by Gasteiger charge is 2.31. The van der Waals surface area contributed by atoms with E-state index in [1.54, 1.807) is 0 Å². The second-order valence-electron chi connectivity index (χ2n) is 2.83. The quantitative estimate of drug-likeness (QED) is 0.483. The van der Waals surface area contributed by atoms with Crippen LogP contribution in [-0.2, 0) is 9.59 Å². The Morgan fingerprint density at radius 2 is 2.33 bits per heavy atom. The molecule has 0 radical (unpaired) electrons. The topological polar surface area (TPSA) is 46.5 Å². The van der Waals surface area contributed by atoms with Gasteiger partial charge in [-0.15, -0.1) is 0 Å². The number of ketones is 2. The van der Waals surface area contributed by atoms with Crippen LogP contribution in [0.25, 0.3) is 0 Å². The number of aliphatic imine (C=N–C) groups is 1. The number of thiocarbonyl (C=S) groups is 1. The van der Waals surface area contributed by atoms with Gasteiger partial charge in [0.05, 0.1) is 11.7 Å². The number of isothiocyanates is 1. The lowest BCUT2D eigenvalue weighted by Gasteiger charge is -2.21. The molecule has 0 bridgehead atoms. The zero-order chi connectivity index (χ0) is 8.97. The molecule has 1 rings (SSSR count). The van der Waals surface area contributed by atoms with Crippen LogP contribution in [0.3, 0.4) is 0 Å². The van der Waals surface area contributed by atoms with Crippen LogP contribution in [-0.4, -0.2) is 23.3 Å². The van der Waals surface area contributed by atoms with Crippen LogP contribution in [0.15, 0.2) is 4.99 Å². The molecule has 0 aromatic heterocycles. The number of carbonyl (C=O) groups excluding carboxylic acids is 2. The van der Waals surface area contributed by atoms with Gasteiger partial charge in [0.2, 0.25) is 0 Å². The van der Waals surface area contributed by atoms with Crippen LogP contribution < -0.4 is 0 Å². The molecule has 0 amide bonds. The average Bonchev–Trinajstić information content (AvgIpc) is 1.99. The van der Waals surface area contributed by atoms with Crippen molar-refractivity contribution in [1.29, 1.82) is 0 Å². The highest BCUT2D eigenvalue weighted by Crippen LogP contribution is 2.24. The van der Waals surface area contributed by atoms with E-state index >= 15 is 0 Å². The number of nitrogens with zero attached hydrogens (tertiary/aromatic N) is 1. The second-order valence-corrected chi connectivity index (χ2v) is 3.02. The summed E-state index contributed by atoms with van der Waals surface area (Å²) in [5.41, 5.74) is 0. The van der Waals surface area contributed by atoms with Crippen molar-refractivity contribution in [3.05, 3.63) is 0 Å². The van der Waals surface area contributed by atoms with Gasteiger partial charge in [0.1, 0.15) is 11.6 Å². The summed E-state index contributed by atoms with van der Waals surface area (Å²) < 4.78 is 0. The molecule has 0 aromatic carbocycles. The monoisotopic (exact) mass is 183 g/mol. The minimum atomic E-state index is -0.0298. The Morgan fingerprint density at radius 3 is 2.83 bits per heavy atom. The number of rotatable bonds is 4. The molecule has 4 heteroatoms. The molecule has 64 valence electrons. The molecule has 0 spiro atoms. The molecule has 12 heavy (non-hydrogen) atoms. The molecule has 0 unspecified atom stereocenters. The van der Waals surface area contributed by atoms with Crippen molar-refractivity contribution in [3.8, 4) is 0 Å². The molecule has 0 N–H and O–H groups in total. The third-order valence-electron chi connectivity index (χ3n) is 1.94. The van der Waals surface area contributed by atoms with Gasteiger partial charge in [-0.3, -0.25) is 9.59 Å². The summed E-state index contributed by atoms with van der Waals surface area (Å²) in [6.45, 7) is 0.410. The van der Waals surface area contributed by atoms with E-state index in [-0.39, 0.29) is 17.5 Å². The van der Waals surface area contributed by atoms with Gasteiger partial charge in [-0.2, -0.15) is 0 Å². The Hall–Kier alpha value is -0.860. The summed E-state index contributed by atoms with van der Waals surface area (Å²) in [6.07, 6.45) is 1.25. The van der Waals surface area contributed by atoms with Crippen molar-refractivity contribution in [2.24, 2.45) is 10.9 Å². The Balaban J connectivity index is 2.20. The van der Waals surface area contributed by atoms with Gasteiger partial charge in [-0.05, 0) is 12.2 Å². The van der Waals surface area contributed by atoms with Crippen molar-refractivity contribution < 1.29 is 9.59 Å². The standard InChI is InChI=1S/C8H9NO2S/c10-7-3-6(4-7)8(11)1-2-9-5-12/h6H,1-4H2. The largest absolute Gasteiger partial charge is 0.300 e. The molecule has 0 atom stereocenters. The van der Waals surface area contributed by atoms with E-state index in [2.05, 4.69) is 22.4 Å². The zero-order valence-electron chi connectivity index (χ0n) is 6.58. The molecule has 3 nitrogen and oxygen atoms in total. The van der Waals surface area contributed by atoms with Crippen molar-refractivity contribution in [2.75, 3.05) is 6.54 Å². The maximum atomic E-state index is 11.2. The van der Waals surface area contributed by atoms with Gasteiger partial charge in [-0.1, -0.05) is 0 Å². The molecule has 0 saturated heterocycles. The van der Waals surface area contributed by atoms with Crippen molar-refractivity contribution in [3.63, 3.8) is 0 Å². The molecule has 1 saturated carbocycles. The fourth-order valence-electron chi connectivity index (χ4n) is 1.13. The molecule has 0 heterocycles. The van der Waals surface area contributed by atoms with Crippen LogP contribution in [0, 0.1) is 5.92 Å². The molecule has 1 fully saturated rings. The van der Waals surface area contributed by atoms with Gasteiger partial charge >= 0.3 is 0 Å². The second kappa shape index (κ2) is 4.24. The zero-order valence-corrected chi connectivity index (χ0v) is 7.39. The third-order valence-corrected chi connectivity index (χ3v) is 2.07. The molecule has 0 aromatic rings. The fourth-order valence-corrected chi connectivity index (χ4v) is 1.22. The Bertz CT molecular complexity index is 248. The van der Waals surface area contributed by atoms with E-state index in [0.29, 0.717) is 25.8 Å². The number of Topliss-reactive ketones (excluding diaryl/α,β-unsaturated/α-hetero) is 2. The van der Waals surface area contributed by atoms with E-state index in [0.717, 1.165) is 0 Å². The van der Waals surface area contributed by atoms with E-state index in [1.807, 2.05) is 0 Å². The van der Waals surface area contributed by atoms with Gasteiger partial charge in [0.15, 0.2) is 0 Å². The molecular weight excluding hydrogens is 174 g/mol. The highest BCUT2D eigenvalue weighted by molar-refractivity contribution is 7.78. The summed E-state index contributed by atoms with van der Waals surface area (Å²) in [7, 11) is 0. The predicted molar refractivity (Wildman–Crippen MR) is 47.2 cm³/mol. The highest BCUT2D eigenvalue weighted by atomic mass is 32.1. The smallest absolute Gasteiger partial charge is 0.138 e. The van der Waals surface area contributed by atoms with Gasteiger partial charge in [0, 0.05) is 25.2 Å². The normalized spacial score (nSPS) is 16.5. The first-order chi connectivity index (χ1) is 5.74. The van der Waals surface area contributed by atoms with E-state index in [1.165, 1.54) is 0 Å². The van der Waals surface area contributed by atoms with E-state index < -0.39 is 0 Å². The fraction of sp³-hybridized carbons (Fsp3) is 0.625. The molecule has 0 aliphatic heterocycles. The van der Waals surface area contributed by atoms with Crippen molar-refractivity contribution in [2.45, 2.75) is 19.3 Å². The minimum Gasteiger partial charge on any atom is -0.300 e. The van der Waals surface area contributed by atoms with Crippen LogP contribution in [0.2, 0.25) is 0 Å². The summed E-state index contributed by atoms with van der Waals surface area (Å²) in [4.78, 5) is 25.3. The summed E-state index contributed by atoms with van der Waals surface area (Å²) >= 11 is 4.35. The minimum absolute atomic E-state index is 0.0298. The summed E-state index contributed by atoms with van der Waals surface area (Å²) in [6, 6.07) is 0. The number of hydrogen-bond donors (Lipinski definition) is 0. The van der Waals surface area contributed by atoms with E-state index in [9.17, 15) is 9.59 Å². The maximum absolute atomic E-state index is 11.2. The first kappa shape index (κ1) is 9.23. The summed E-state index contributed by atoms with van der Waals surface area (Å²) in [5.74, 6) is 0.285. The van der Waals surface area contributed by atoms with Crippen LogP contribution in [0.1, 0.15) is 19.3 Å². The predicted octanol–water partition coefficient (Wildman–Crippen LogP) is 1.03. The lowest BCUT2D eigenvalue weighted by Crippen LogP contribution is -2.30. The van der Waals surface area contributed by atoms with Gasteiger partial charge in [0.25, 0.3) is 0 Å². The first-order valence-corrected chi connectivity index (χ1v) is 4.23. The van der Waals surface area contributed by atoms with Crippen LogP contribution >= 0.6 is 12.2 Å². The summed E-state index contributed by atoms with van der Waals surface area (Å²) in [5, 5.41) is 2.20. The Labute approximate surface area is 75.9 Å². The SMILES string of the molecule is O=C1CC(C(=O)CCN=C=S)C1. The number of carbonyl (C=O) groups is 2. The van der Waals surface area contributed by atoms with Crippen molar-refractivity contribution in [1.82, 2.24) is 0 Å².